The summed E-state index contributed by atoms with van der Waals surface area (Å²) < 4.78 is 6.42. The van der Waals surface area contributed by atoms with Crippen LogP contribution >= 0.6 is 27.7 Å². The number of nitrogens with zero attached hydrogens (tertiary/aromatic N) is 2. The number of carbonyl (C=O) groups excluding carboxylic acids is 2. The molecule has 2 rings (SSSR count). The van der Waals surface area contributed by atoms with Gasteiger partial charge >= 0.3 is 0 Å². The molecule has 0 aliphatic heterocycles. The van der Waals surface area contributed by atoms with Gasteiger partial charge in [-0.1, -0.05) is 33.8 Å². The molecule has 0 atom stereocenters. The van der Waals surface area contributed by atoms with Gasteiger partial charge in [-0.3, -0.25) is 9.59 Å². The predicted octanol–water partition coefficient (Wildman–Crippen LogP) is 2.23. The first kappa shape index (κ1) is 18.5. The van der Waals surface area contributed by atoms with E-state index in [2.05, 4.69) is 36.8 Å². The van der Waals surface area contributed by atoms with Gasteiger partial charge in [0.05, 0.1) is 12.3 Å². The van der Waals surface area contributed by atoms with Crippen LogP contribution in [0.25, 0.3) is 11.5 Å². The SMILES string of the molecule is CC(C)NC(=O)CNC(=O)CSc1nnc(-c2cccc(Br)c2)o1. The van der Waals surface area contributed by atoms with Crippen molar-refractivity contribution in [1.29, 1.82) is 0 Å². The summed E-state index contributed by atoms with van der Waals surface area (Å²) in [4.78, 5) is 23.2. The summed E-state index contributed by atoms with van der Waals surface area (Å²) in [5.74, 6) is -0.0237. The van der Waals surface area contributed by atoms with Crippen molar-refractivity contribution >= 4 is 39.5 Å². The fourth-order valence-corrected chi connectivity index (χ4v) is 2.73. The average molecular weight is 413 g/mol. The molecule has 9 heteroatoms. The van der Waals surface area contributed by atoms with Gasteiger partial charge in [0.15, 0.2) is 0 Å². The number of nitrogens with one attached hydrogen (secondary N) is 2. The van der Waals surface area contributed by atoms with E-state index in [9.17, 15) is 9.59 Å². The average Bonchev–Trinajstić information content (AvgIpc) is 2.99. The van der Waals surface area contributed by atoms with E-state index in [0.717, 1.165) is 21.8 Å². The van der Waals surface area contributed by atoms with Gasteiger partial charge in [0.1, 0.15) is 0 Å². The minimum atomic E-state index is -0.277. The summed E-state index contributed by atoms with van der Waals surface area (Å²) >= 11 is 4.50. The van der Waals surface area contributed by atoms with Crippen molar-refractivity contribution in [3.63, 3.8) is 0 Å². The lowest BCUT2D eigenvalue weighted by Gasteiger charge is -2.08. The Hall–Kier alpha value is -1.87. The highest BCUT2D eigenvalue weighted by atomic mass is 79.9. The number of amides is 2. The zero-order chi connectivity index (χ0) is 17.5. The lowest BCUT2D eigenvalue weighted by molar-refractivity contribution is -0.125. The molecule has 1 heterocycles. The molecule has 0 unspecified atom stereocenters. The number of halogens is 1. The molecule has 0 saturated carbocycles. The van der Waals surface area contributed by atoms with E-state index in [1.54, 1.807) is 0 Å². The minimum absolute atomic E-state index is 0.0404. The van der Waals surface area contributed by atoms with Crippen molar-refractivity contribution in [1.82, 2.24) is 20.8 Å². The summed E-state index contributed by atoms with van der Waals surface area (Å²) in [6, 6.07) is 7.52. The fourth-order valence-electron chi connectivity index (χ4n) is 1.74. The number of hydrogen-bond acceptors (Lipinski definition) is 6. The van der Waals surface area contributed by atoms with E-state index >= 15 is 0 Å². The maximum absolute atomic E-state index is 11.7. The van der Waals surface area contributed by atoms with Crippen LogP contribution in [0, 0.1) is 0 Å². The third kappa shape index (κ3) is 5.97. The standard InChI is InChI=1S/C15H17BrN4O3S/c1-9(2)18-12(21)7-17-13(22)8-24-15-20-19-14(23-15)10-4-3-5-11(16)6-10/h3-6,9H,7-8H2,1-2H3,(H,17,22)(H,18,21). The molecule has 7 nitrogen and oxygen atoms in total. The third-order valence-corrected chi connectivity index (χ3v) is 4.01. The second-order valence-corrected chi connectivity index (χ2v) is 7.01. The Balaban J connectivity index is 1.80. The molecule has 1 aromatic heterocycles. The highest BCUT2D eigenvalue weighted by Crippen LogP contribution is 2.25. The van der Waals surface area contributed by atoms with Gasteiger partial charge in [-0.25, -0.2) is 0 Å². The normalized spacial score (nSPS) is 10.7. The molecule has 0 aliphatic rings. The number of carbonyl (C=O) groups is 2. The van der Waals surface area contributed by atoms with Gasteiger partial charge in [0, 0.05) is 16.1 Å². The zero-order valence-electron chi connectivity index (χ0n) is 13.2. The number of thioether (sulfide) groups is 1. The maximum Gasteiger partial charge on any atom is 0.277 e. The van der Waals surface area contributed by atoms with Crippen LogP contribution in [0.5, 0.6) is 0 Å². The van der Waals surface area contributed by atoms with E-state index in [-0.39, 0.29) is 30.2 Å². The first-order chi connectivity index (χ1) is 11.4. The van der Waals surface area contributed by atoms with E-state index in [4.69, 9.17) is 4.42 Å². The fraction of sp³-hybridized carbons (Fsp3) is 0.333. The van der Waals surface area contributed by atoms with Gasteiger partial charge in [-0.2, -0.15) is 0 Å². The Morgan fingerprint density at radius 1 is 1.29 bits per heavy atom. The molecule has 0 fully saturated rings. The van der Waals surface area contributed by atoms with Gasteiger partial charge in [0.2, 0.25) is 17.7 Å². The van der Waals surface area contributed by atoms with Crippen LogP contribution in [0.2, 0.25) is 0 Å². The molecule has 24 heavy (non-hydrogen) atoms. The van der Waals surface area contributed by atoms with E-state index in [1.165, 1.54) is 0 Å². The largest absolute Gasteiger partial charge is 0.411 e. The highest BCUT2D eigenvalue weighted by Gasteiger charge is 2.12. The second-order valence-electron chi connectivity index (χ2n) is 5.17. The summed E-state index contributed by atoms with van der Waals surface area (Å²) in [6.07, 6.45) is 0. The highest BCUT2D eigenvalue weighted by molar-refractivity contribution is 9.10. The third-order valence-electron chi connectivity index (χ3n) is 2.70. The summed E-state index contributed by atoms with van der Waals surface area (Å²) in [5, 5.41) is 13.4. The number of hydrogen-bond donors (Lipinski definition) is 2. The summed E-state index contributed by atoms with van der Waals surface area (Å²) in [5.41, 5.74) is 0.790. The topological polar surface area (TPSA) is 97.1 Å². The Morgan fingerprint density at radius 2 is 2.08 bits per heavy atom. The van der Waals surface area contributed by atoms with Crippen LogP contribution in [0.4, 0.5) is 0 Å². The van der Waals surface area contributed by atoms with Gasteiger partial charge < -0.3 is 15.1 Å². The van der Waals surface area contributed by atoms with Gasteiger partial charge in [-0.15, -0.1) is 10.2 Å². The Morgan fingerprint density at radius 3 is 2.79 bits per heavy atom. The number of rotatable bonds is 7. The minimum Gasteiger partial charge on any atom is -0.411 e. The Bertz CT molecular complexity index is 720. The van der Waals surface area contributed by atoms with E-state index in [1.807, 2.05) is 38.1 Å². The Kier molecular flexibility index (Phi) is 6.80. The van der Waals surface area contributed by atoms with Crippen LogP contribution in [0.3, 0.4) is 0 Å². The first-order valence-electron chi connectivity index (χ1n) is 7.22. The molecule has 0 aliphatic carbocycles. The molecular formula is C15H17BrN4O3S. The van der Waals surface area contributed by atoms with Crippen molar-refractivity contribution < 1.29 is 14.0 Å². The predicted molar refractivity (Wildman–Crippen MR) is 94.4 cm³/mol. The molecule has 0 spiro atoms. The van der Waals surface area contributed by atoms with Crippen LogP contribution in [-0.2, 0) is 9.59 Å². The lowest BCUT2D eigenvalue weighted by Crippen LogP contribution is -2.40. The number of benzene rings is 1. The van der Waals surface area contributed by atoms with Crippen LogP contribution in [-0.4, -0.2) is 40.4 Å². The molecule has 2 amide bonds. The van der Waals surface area contributed by atoms with Crippen molar-refractivity contribution in [2.24, 2.45) is 0 Å². The van der Waals surface area contributed by atoms with Crippen molar-refractivity contribution in [2.75, 3.05) is 12.3 Å². The maximum atomic E-state index is 11.7. The van der Waals surface area contributed by atoms with Crippen LogP contribution in [0.1, 0.15) is 13.8 Å². The van der Waals surface area contributed by atoms with E-state index < -0.39 is 0 Å². The summed E-state index contributed by atoms with van der Waals surface area (Å²) in [6.45, 7) is 3.66. The smallest absolute Gasteiger partial charge is 0.277 e. The van der Waals surface area contributed by atoms with Gasteiger partial charge in [0.25, 0.3) is 5.22 Å². The molecule has 0 radical (unpaired) electrons. The van der Waals surface area contributed by atoms with E-state index in [0.29, 0.717) is 11.1 Å². The lowest BCUT2D eigenvalue weighted by atomic mass is 10.2. The first-order valence-corrected chi connectivity index (χ1v) is 9.00. The molecular weight excluding hydrogens is 396 g/mol. The molecule has 0 saturated heterocycles. The van der Waals surface area contributed by atoms with Gasteiger partial charge in [-0.05, 0) is 32.0 Å². The molecule has 1 aromatic carbocycles. The summed E-state index contributed by atoms with van der Waals surface area (Å²) in [7, 11) is 0. The quantitative estimate of drug-likeness (QED) is 0.676. The van der Waals surface area contributed by atoms with Crippen LogP contribution in [0.15, 0.2) is 38.4 Å². The van der Waals surface area contributed by atoms with Crippen molar-refractivity contribution in [2.45, 2.75) is 25.1 Å². The molecule has 128 valence electrons. The molecule has 0 bridgehead atoms. The molecule has 2 N–H and O–H groups in total. The van der Waals surface area contributed by atoms with Crippen LogP contribution < -0.4 is 10.6 Å². The number of aromatic nitrogens is 2. The zero-order valence-corrected chi connectivity index (χ0v) is 15.6. The second kappa shape index (κ2) is 8.84. The Labute approximate surface area is 152 Å². The van der Waals surface area contributed by atoms with Crippen molar-refractivity contribution in [3.05, 3.63) is 28.7 Å². The monoisotopic (exact) mass is 412 g/mol. The van der Waals surface area contributed by atoms with Crippen molar-refractivity contribution in [3.8, 4) is 11.5 Å². The molecule has 2 aromatic rings.